The van der Waals surface area contributed by atoms with Gasteiger partial charge in [-0.25, -0.2) is 9.59 Å². The van der Waals surface area contributed by atoms with Crippen molar-refractivity contribution in [3.63, 3.8) is 0 Å². The fourth-order valence-electron chi connectivity index (χ4n) is 1.86. The topological polar surface area (TPSA) is 66.8 Å². The van der Waals surface area contributed by atoms with Crippen LogP contribution in [0, 0.1) is 6.92 Å². The molecule has 0 unspecified atom stereocenters. The van der Waals surface area contributed by atoms with E-state index in [9.17, 15) is 9.59 Å². The standard InChI is InChI=1S/C12H13NO4/c1-8-7-9(11(14)15)3-4-10(8)13-5-2-6-17-12(13)16/h3-4,7H,2,5-6H2,1H3,(H,14,15). The van der Waals surface area contributed by atoms with Crippen molar-refractivity contribution >= 4 is 17.7 Å². The van der Waals surface area contributed by atoms with Gasteiger partial charge in [0.2, 0.25) is 0 Å². The third-order valence-electron chi connectivity index (χ3n) is 2.71. The van der Waals surface area contributed by atoms with Crippen LogP contribution in [0.3, 0.4) is 0 Å². The van der Waals surface area contributed by atoms with Gasteiger partial charge in [-0.05, 0) is 37.1 Å². The maximum atomic E-state index is 11.6. The van der Waals surface area contributed by atoms with E-state index in [4.69, 9.17) is 9.84 Å². The van der Waals surface area contributed by atoms with Gasteiger partial charge in [0.05, 0.1) is 12.2 Å². The van der Waals surface area contributed by atoms with Crippen molar-refractivity contribution in [1.29, 1.82) is 0 Å². The summed E-state index contributed by atoms with van der Waals surface area (Å²) in [4.78, 5) is 23.9. The highest BCUT2D eigenvalue weighted by molar-refractivity contribution is 5.92. The highest BCUT2D eigenvalue weighted by Gasteiger charge is 2.22. The lowest BCUT2D eigenvalue weighted by Crippen LogP contribution is -2.38. The Morgan fingerprint density at radius 3 is 2.82 bits per heavy atom. The number of benzene rings is 1. The van der Waals surface area contributed by atoms with Crippen molar-refractivity contribution < 1.29 is 19.4 Å². The van der Waals surface area contributed by atoms with Gasteiger partial charge in [-0.15, -0.1) is 0 Å². The number of aryl methyl sites for hydroxylation is 1. The van der Waals surface area contributed by atoms with Crippen LogP contribution in [0.15, 0.2) is 18.2 Å². The van der Waals surface area contributed by atoms with Gasteiger partial charge in [-0.2, -0.15) is 0 Å². The number of carboxylic acids is 1. The van der Waals surface area contributed by atoms with E-state index in [-0.39, 0.29) is 11.7 Å². The number of anilines is 1. The zero-order chi connectivity index (χ0) is 12.4. The van der Waals surface area contributed by atoms with Crippen molar-refractivity contribution in [3.05, 3.63) is 29.3 Å². The summed E-state index contributed by atoms with van der Waals surface area (Å²) < 4.78 is 4.95. The SMILES string of the molecule is Cc1cc(C(=O)O)ccc1N1CCCOC1=O. The summed E-state index contributed by atoms with van der Waals surface area (Å²) in [5.41, 5.74) is 1.68. The largest absolute Gasteiger partial charge is 0.478 e. The van der Waals surface area contributed by atoms with Gasteiger partial charge in [0.25, 0.3) is 0 Å². The molecule has 1 aromatic carbocycles. The number of amides is 1. The number of rotatable bonds is 2. The van der Waals surface area contributed by atoms with E-state index < -0.39 is 5.97 Å². The van der Waals surface area contributed by atoms with E-state index >= 15 is 0 Å². The van der Waals surface area contributed by atoms with Gasteiger partial charge >= 0.3 is 12.1 Å². The van der Waals surface area contributed by atoms with Crippen LogP contribution in [0.5, 0.6) is 0 Å². The molecule has 0 aliphatic carbocycles. The monoisotopic (exact) mass is 235 g/mol. The number of hydrogen-bond acceptors (Lipinski definition) is 3. The Hall–Kier alpha value is -2.04. The fraction of sp³-hybridized carbons (Fsp3) is 0.333. The summed E-state index contributed by atoms with van der Waals surface area (Å²) in [7, 11) is 0. The number of ether oxygens (including phenoxy) is 1. The van der Waals surface area contributed by atoms with Crippen molar-refractivity contribution in [3.8, 4) is 0 Å². The summed E-state index contributed by atoms with van der Waals surface area (Å²) >= 11 is 0. The van der Waals surface area contributed by atoms with E-state index in [1.54, 1.807) is 19.1 Å². The van der Waals surface area contributed by atoms with Crippen LogP contribution in [0.25, 0.3) is 0 Å². The second-order valence-corrected chi connectivity index (χ2v) is 3.93. The first-order valence-corrected chi connectivity index (χ1v) is 5.38. The Kier molecular flexibility index (Phi) is 2.99. The quantitative estimate of drug-likeness (QED) is 0.851. The van der Waals surface area contributed by atoms with E-state index in [1.807, 2.05) is 0 Å². The second kappa shape index (κ2) is 4.45. The first-order chi connectivity index (χ1) is 8.09. The molecule has 5 heteroatoms. The number of cyclic esters (lactones) is 1. The minimum Gasteiger partial charge on any atom is -0.478 e. The number of carbonyl (C=O) groups is 2. The molecule has 0 radical (unpaired) electrons. The molecular weight excluding hydrogens is 222 g/mol. The lowest BCUT2D eigenvalue weighted by Gasteiger charge is -2.27. The van der Waals surface area contributed by atoms with Crippen LogP contribution in [0.4, 0.5) is 10.5 Å². The Labute approximate surface area is 98.6 Å². The first kappa shape index (κ1) is 11.4. The van der Waals surface area contributed by atoms with E-state index in [1.165, 1.54) is 11.0 Å². The molecule has 1 saturated heterocycles. The predicted octanol–water partition coefficient (Wildman–Crippen LogP) is 2.04. The molecule has 90 valence electrons. The van der Waals surface area contributed by atoms with Gasteiger partial charge in [0.15, 0.2) is 0 Å². The smallest absolute Gasteiger partial charge is 0.414 e. The highest BCUT2D eigenvalue weighted by atomic mass is 16.6. The maximum Gasteiger partial charge on any atom is 0.414 e. The Morgan fingerprint density at radius 1 is 1.47 bits per heavy atom. The summed E-state index contributed by atoms with van der Waals surface area (Å²) in [5, 5.41) is 8.86. The van der Waals surface area contributed by atoms with Gasteiger partial charge in [0, 0.05) is 12.2 Å². The minimum absolute atomic E-state index is 0.219. The molecule has 1 N–H and O–H groups in total. The molecule has 0 bridgehead atoms. The van der Waals surface area contributed by atoms with Gasteiger partial charge < -0.3 is 9.84 Å². The van der Waals surface area contributed by atoms with Crippen molar-refractivity contribution in [2.75, 3.05) is 18.1 Å². The zero-order valence-corrected chi connectivity index (χ0v) is 9.47. The molecule has 2 rings (SSSR count). The van der Waals surface area contributed by atoms with Crippen LogP contribution in [-0.4, -0.2) is 30.3 Å². The van der Waals surface area contributed by atoms with Crippen LogP contribution in [-0.2, 0) is 4.74 Å². The molecule has 1 amide bonds. The van der Waals surface area contributed by atoms with Gasteiger partial charge in [0.1, 0.15) is 0 Å². The molecule has 0 spiro atoms. The molecule has 1 aliphatic heterocycles. The molecule has 5 nitrogen and oxygen atoms in total. The molecular formula is C12H13NO4. The number of nitrogens with zero attached hydrogens (tertiary/aromatic N) is 1. The average molecular weight is 235 g/mol. The third-order valence-corrected chi connectivity index (χ3v) is 2.71. The number of hydrogen-bond donors (Lipinski definition) is 1. The highest BCUT2D eigenvalue weighted by Crippen LogP contribution is 2.24. The second-order valence-electron chi connectivity index (χ2n) is 3.93. The Balaban J connectivity index is 2.32. The fourth-order valence-corrected chi connectivity index (χ4v) is 1.86. The normalized spacial score (nSPS) is 15.6. The summed E-state index contributed by atoms with van der Waals surface area (Å²) in [6.45, 7) is 2.83. The molecule has 1 heterocycles. The van der Waals surface area contributed by atoms with Crippen LogP contribution >= 0.6 is 0 Å². The van der Waals surface area contributed by atoms with Crippen LogP contribution in [0.2, 0.25) is 0 Å². The average Bonchev–Trinajstić information content (AvgIpc) is 2.30. The number of aromatic carboxylic acids is 1. The molecule has 17 heavy (non-hydrogen) atoms. The molecule has 1 fully saturated rings. The summed E-state index contributed by atoms with van der Waals surface area (Å²) in [5.74, 6) is -0.971. The van der Waals surface area contributed by atoms with Crippen LogP contribution < -0.4 is 4.90 Å². The minimum atomic E-state index is -0.971. The van der Waals surface area contributed by atoms with E-state index in [0.29, 0.717) is 18.8 Å². The first-order valence-electron chi connectivity index (χ1n) is 5.38. The van der Waals surface area contributed by atoms with Gasteiger partial charge in [-0.3, -0.25) is 4.90 Å². The Bertz CT molecular complexity index is 470. The Morgan fingerprint density at radius 2 is 2.24 bits per heavy atom. The molecule has 0 aromatic heterocycles. The van der Waals surface area contributed by atoms with Crippen LogP contribution in [0.1, 0.15) is 22.3 Å². The third kappa shape index (κ3) is 2.22. The molecule has 1 aliphatic rings. The summed E-state index contributed by atoms with van der Waals surface area (Å²) in [6.07, 6.45) is 0.411. The number of carboxylic acid groups (broad SMARTS) is 1. The van der Waals surface area contributed by atoms with Crippen molar-refractivity contribution in [2.45, 2.75) is 13.3 Å². The van der Waals surface area contributed by atoms with Crippen molar-refractivity contribution in [2.24, 2.45) is 0 Å². The maximum absolute atomic E-state index is 11.6. The van der Waals surface area contributed by atoms with E-state index in [2.05, 4.69) is 0 Å². The van der Waals surface area contributed by atoms with Gasteiger partial charge in [-0.1, -0.05) is 0 Å². The molecule has 1 aromatic rings. The summed E-state index contributed by atoms with van der Waals surface area (Å²) in [6, 6.07) is 4.69. The predicted molar refractivity (Wildman–Crippen MR) is 61.4 cm³/mol. The lowest BCUT2D eigenvalue weighted by molar-refractivity contribution is 0.0697. The van der Waals surface area contributed by atoms with Crippen molar-refractivity contribution in [1.82, 2.24) is 0 Å². The number of carbonyl (C=O) groups excluding carboxylic acids is 1. The lowest BCUT2D eigenvalue weighted by atomic mass is 10.1. The molecule has 0 atom stereocenters. The van der Waals surface area contributed by atoms with E-state index in [0.717, 1.165) is 12.0 Å². The molecule has 0 saturated carbocycles. The zero-order valence-electron chi connectivity index (χ0n) is 9.47.